The molecule has 7 heteroatoms. The minimum Gasteiger partial charge on any atom is -0.207 e. The standard InChI is InChI=1S/C20H20F2N2O2S/c1-14-3-6-17(7-4-14)27(25,26)24-10-9-20(13-23,12-15(24)2)16-5-8-18(21)19(22)11-16/h3-8,11,15H,9-10,12H2,1-2H3/t15-,20?/m0/s1. The highest BCUT2D eigenvalue weighted by atomic mass is 32.2. The fourth-order valence-electron chi connectivity index (χ4n) is 3.65. The second-order valence-corrected chi connectivity index (χ2v) is 8.95. The molecule has 4 nitrogen and oxygen atoms in total. The van der Waals surface area contributed by atoms with Crippen molar-refractivity contribution in [3.05, 3.63) is 65.2 Å². The van der Waals surface area contributed by atoms with Crippen LogP contribution in [0.5, 0.6) is 0 Å². The van der Waals surface area contributed by atoms with E-state index in [9.17, 15) is 22.5 Å². The average molecular weight is 390 g/mol. The van der Waals surface area contributed by atoms with Crippen molar-refractivity contribution in [2.75, 3.05) is 6.54 Å². The fraction of sp³-hybridized carbons (Fsp3) is 0.350. The lowest BCUT2D eigenvalue weighted by Crippen LogP contribution is -2.49. The van der Waals surface area contributed by atoms with Crippen LogP contribution in [0.1, 0.15) is 30.9 Å². The van der Waals surface area contributed by atoms with Crippen molar-refractivity contribution in [2.24, 2.45) is 0 Å². The first kappa shape index (κ1) is 19.5. The molecule has 0 saturated carbocycles. The van der Waals surface area contributed by atoms with Crippen molar-refractivity contribution >= 4 is 10.0 Å². The summed E-state index contributed by atoms with van der Waals surface area (Å²) in [6.07, 6.45) is 0.420. The van der Waals surface area contributed by atoms with Crippen molar-refractivity contribution < 1.29 is 17.2 Å². The lowest BCUT2D eigenvalue weighted by molar-refractivity contribution is 0.211. The van der Waals surface area contributed by atoms with Crippen molar-refractivity contribution in [1.82, 2.24) is 4.31 Å². The number of aryl methyl sites for hydroxylation is 1. The molecule has 0 bridgehead atoms. The highest BCUT2D eigenvalue weighted by Crippen LogP contribution is 2.40. The van der Waals surface area contributed by atoms with Crippen LogP contribution in [0.4, 0.5) is 8.78 Å². The molecule has 1 heterocycles. The molecular formula is C20H20F2N2O2S. The van der Waals surface area contributed by atoms with E-state index in [2.05, 4.69) is 6.07 Å². The summed E-state index contributed by atoms with van der Waals surface area (Å²) >= 11 is 0. The highest BCUT2D eigenvalue weighted by molar-refractivity contribution is 7.89. The van der Waals surface area contributed by atoms with E-state index in [-0.39, 0.29) is 24.3 Å². The van der Waals surface area contributed by atoms with Gasteiger partial charge in [0.1, 0.15) is 0 Å². The van der Waals surface area contributed by atoms with Crippen LogP contribution in [0.2, 0.25) is 0 Å². The fourth-order valence-corrected chi connectivity index (χ4v) is 5.29. The van der Waals surface area contributed by atoms with Gasteiger partial charge in [0, 0.05) is 12.6 Å². The van der Waals surface area contributed by atoms with Gasteiger partial charge in [-0.25, -0.2) is 17.2 Å². The second-order valence-electron chi connectivity index (χ2n) is 7.05. The third-order valence-electron chi connectivity index (χ3n) is 5.21. The van der Waals surface area contributed by atoms with E-state index in [1.165, 1.54) is 10.4 Å². The van der Waals surface area contributed by atoms with E-state index < -0.39 is 33.1 Å². The summed E-state index contributed by atoms with van der Waals surface area (Å²) in [6, 6.07) is 11.8. The summed E-state index contributed by atoms with van der Waals surface area (Å²) in [6.45, 7) is 3.74. The number of piperidine rings is 1. The SMILES string of the molecule is Cc1ccc(S(=O)(=O)N2CCC(C#N)(c3ccc(F)c(F)c3)C[C@@H]2C)cc1. The second kappa shape index (κ2) is 7.02. The Balaban J connectivity index is 1.91. The number of rotatable bonds is 3. The van der Waals surface area contributed by atoms with Crippen molar-refractivity contribution in [1.29, 1.82) is 5.26 Å². The van der Waals surface area contributed by atoms with Gasteiger partial charge in [-0.1, -0.05) is 23.8 Å². The molecule has 0 aromatic heterocycles. The molecule has 0 spiro atoms. The maximum atomic E-state index is 13.7. The molecule has 1 saturated heterocycles. The molecule has 2 atom stereocenters. The Morgan fingerprint density at radius 3 is 2.37 bits per heavy atom. The maximum Gasteiger partial charge on any atom is 0.243 e. The van der Waals surface area contributed by atoms with Gasteiger partial charge >= 0.3 is 0 Å². The van der Waals surface area contributed by atoms with Crippen LogP contribution in [0.3, 0.4) is 0 Å². The predicted molar refractivity (Wildman–Crippen MR) is 97.4 cm³/mol. The predicted octanol–water partition coefficient (Wildman–Crippen LogP) is 3.91. The summed E-state index contributed by atoms with van der Waals surface area (Å²) in [7, 11) is -3.69. The first-order valence-electron chi connectivity index (χ1n) is 8.65. The van der Waals surface area contributed by atoms with E-state index in [1.54, 1.807) is 31.2 Å². The third-order valence-corrected chi connectivity index (χ3v) is 7.24. The largest absolute Gasteiger partial charge is 0.243 e. The number of nitriles is 1. The van der Waals surface area contributed by atoms with Crippen LogP contribution in [0, 0.1) is 29.9 Å². The van der Waals surface area contributed by atoms with E-state index in [4.69, 9.17) is 0 Å². The van der Waals surface area contributed by atoms with E-state index in [0.29, 0.717) is 5.56 Å². The average Bonchev–Trinajstić information content (AvgIpc) is 2.64. The van der Waals surface area contributed by atoms with E-state index in [1.807, 2.05) is 6.92 Å². The van der Waals surface area contributed by atoms with Gasteiger partial charge in [0.2, 0.25) is 10.0 Å². The first-order valence-corrected chi connectivity index (χ1v) is 10.1. The number of sulfonamides is 1. The smallest absolute Gasteiger partial charge is 0.207 e. The Bertz CT molecular complexity index is 1000. The third kappa shape index (κ3) is 3.47. The Kier molecular flexibility index (Phi) is 5.06. The summed E-state index contributed by atoms with van der Waals surface area (Å²) in [5, 5.41) is 9.78. The van der Waals surface area contributed by atoms with Crippen LogP contribution in [0.25, 0.3) is 0 Å². The summed E-state index contributed by atoms with van der Waals surface area (Å²) in [5.74, 6) is -1.98. The van der Waals surface area contributed by atoms with Gasteiger partial charge in [-0.2, -0.15) is 9.57 Å². The summed E-state index contributed by atoms with van der Waals surface area (Å²) in [5.41, 5.74) is 0.290. The maximum absolute atomic E-state index is 13.7. The number of halogens is 2. The Morgan fingerprint density at radius 1 is 1.15 bits per heavy atom. The van der Waals surface area contributed by atoms with Gasteiger partial charge in [-0.05, 0) is 56.5 Å². The van der Waals surface area contributed by atoms with Crippen molar-refractivity contribution in [3.8, 4) is 6.07 Å². The zero-order chi connectivity index (χ0) is 19.8. The molecule has 0 amide bonds. The molecule has 0 aliphatic carbocycles. The molecule has 2 aromatic carbocycles. The molecule has 1 aliphatic heterocycles. The van der Waals surface area contributed by atoms with Crippen LogP contribution in [-0.4, -0.2) is 25.3 Å². The number of hydrogen-bond acceptors (Lipinski definition) is 3. The van der Waals surface area contributed by atoms with Gasteiger partial charge in [-0.15, -0.1) is 0 Å². The van der Waals surface area contributed by atoms with Crippen LogP contribution >= 0.6 is 0 Å². The number of hydrogen-bond donors (Lipinski definition) is 0. The van der Waals surface area contributed by atoms with Gasteiger partial charge in [0.05, 0.1) is 16.4 Å². The zero-order valence-electron chi connectivity index (χ0n) is 15.1. The normalized spacial score (nSPS) is 23.7. The Labute approximate surface area is 158 Å². The topological polar surface area (TPSA) is 61.2 Å². The van der Waals surface area contributed by atoms with Gasteiger partial charge in [-0.3, -0.25) is 0 Å². The molecule has 27 heavy (non-hydrogen) atoms. The minimum atomic E-state index is -3.69. The molecule has 2 aromatic rings. The van der Waals surface area contributed by atoms with E-state index in [0.717, 1.165) is 17.7 Å². The highest BCUT2D eigenvalue weighted by Gasteiger charge is 2.44. The Morgan fingerprint density at radius 2 is 1.81 bits per heavy atom. The van der Waals surface area contributed by atoms with Crippen LogP contribution < -0.4 is 0 Å². The van der Waals surface area contributed by atoms with Gasteiger partial charge in [0.15, 0.2) is 11.6 Å². The molecule has 3 rings (SSSR count). The zero-order valence-corrected chi connectivity index (χ0v) is 15.9. The van der Waals surface area contributed by atoms with Crippen LogP contribution in [0.15, 0.2) is 47.4 Å². The lowest BCUT2D eigenvalue weighted by Gasteiger charge is -2.41. The molecule has 1 fully saturated rings. The molecule has 1 aliphatic rings. The monoisotopic (exact) mass is 390 g/mol. The number of nitrogens with zero attached hydrogens (tertiary/aromatic N) is 2. The molecule has 1 unspecified atom stereocenters. The van der Waals surface area contributed by atoms with Crippen molar-refractivity contribution in [3.63, 3.8) is 0 Å². The van der Waals surface area contributed by atoms with Crippen molar-refractivity contribution in [2.45, 2.75) is 43.0 Å². The van der Waals surface area contributed by atoms with E-state index >= 15 is 0 Å². The lowest BCUT2D eigenvalue weighted by atomic mass is 9.72. The molecule has 0 N–H and O–H groups in total. The summed E-state index contributed by atoms with van der Waals surface area (Å²) < 4.78 is 54.3. The number of benzene rings is 2. The molecular weight excluding hydrogens is 370 g/mol. The quantitative estimate of drug-likeness (QED) is 0.798. The Hall–Kier alpha value is -2.30. The molecule has 142 valence electrons. The first-order chi connectivity index (χ1) is 12.7. The minimum absolute atomic E-state index is 0.129. The summed E-state index contributed by atoms with van der Waals surface area (Å²) in [4.78, 5) is 0.206. The van der Waals surface area contributed by atoms with Crippen LogP contribution in [-0.2, 0) is 15.4 Å². The van der Waals surface area contributed by atoms with Gasteiger partial charge < -0.3 is 0 Å². The van der Waals surface area contributed by atoms with Gasteiger partial charge in [0.25, 0.3) is 0 Å². The molecule has 0 radical (unpaired) electrons.